The molecular formula is C11H15NOS. The number of hydrogen-bond donors (Lipinski definition) is 1. The number of hydrogen-bond acceptors (Lipinski definition) is 2. The Morgan fingerprint density at radius 3 is 2.50 bits per heavy atom. The van der Waals surface area contributed by atoms with E-state index in [1.807, 2.05) is 24.3 Å². The third-order valence-corrected chi connectivity index (χ3v) is 2.14. The maximum Gasteiger partial charge on any atom is 0.119 e. The molecule has 2 nitrogen and oxygen atoms in total. The molecule has 3 heteroatoms. The van der Waals surface area contributed by atoms with E-state index in [4.69, 9.17) is 22.7 Å². The van der Waals surface area contributed by atoms with Crippen LogP contribution in [0.15, 0.2) is 24.3 Å². The second-order valence-electron chi connectivity index (χ2n) is 3.09. The Morgan fingerprint density at radius 2 is 2.00 bits per heavy atom. The molecule has 76 valence electrons. The predicted octanol–water partition coefficient (Wildman–Crippen LogP) is 2.50. The molecule has 1 aromatic carbocycles. The Kier molecular flexibility index (Phi) is 4.40. The van der Waals surface area contributed by atoms with Gasteiger partial charge in [0.1, 0.15) is 10.7 Å². The van der Waals surface area contributed by atoms with E-state index in [9.17, 15) is 0 Å². The van der Waals surface area contributed by atoms with Crippen molar-refractivity contribution in [3.05, 3.63) is 29.8 Å². The van der Waals surface area contributed by atoms with Gasteiger partial charge in [0.05, 0.1) is 6.61 Å². The van der Waals surface area contributed by atoms with Crippen LogP contribution in [0.5, 0.6) is 5.75 Å². The van der Waals surface area contributed by atoms with Gasteiger partial charge in [-0.05, 0) is 30.7 Å². The summed E-state index contributed by atoms with van der Waals surface area (Å²) in [5.41, 5.74) is 6.35. The maximum absolute atomic E-state index is 5.50. The van der Waals surface area contributed by atoms with Crippen LogP contribution in [0, 0.1) is 0 Å². The van der Waals surface area contributed by atoms with Gasteiger partial charge in [0.15, 0.2) is 0 Å². The van der Waals surface area contributed by atoms with Crippen LogP contribution >= 0.6 is 12.2 Å². The van der Waals surface area contributed by atoms with E-state index in [0.717, 1.165) is 30.8 Å². The normalized spacial score (nSPS) is 9.79. The van der Waals surface area contributed by atoms with Gasteiger partial charge in [0.25, 0.3) is 0 Å². The zero-order valence-corrected chi connectivity index (χ0v) is 9.14. The average Bonchev–Trinajstić information content (AvgIpc) is 2.19. The summed E-state index contributed by atoms with van der Waals surface area (Å²) in [5, 5.41) is 0. The second kappa shape index (κ2) is 5.60. The molecule has 0 aliphatic heterocycles. The summed E-state index contributed by atoms with van der Waals surface area (Å²) in [4.78, 5) is 0.421. The number of rotatable bonds is 5. The number of unbranched alkanes of at least 4 members (excludes halogenated alkanes) is 1. The number of nitrogens with two attached hydrogens (primary N) is 1. The van der Waals surface area contributed by atoms with Crippen molar-refractivity contribution in [2.75, 3.05) is 6.61 Å². The lowest BCUT2D eigenvalue weighted by molar-refractivity contribution is 0.309. The largest absolute Gasteiger partial charge is 0.494 e. The first kappa shape index (κ1) is 11.0. The highest BCUT2D eigenvalue weighted by Crippen LogP contribution is 2.12. The Labute approximate surface area is 90.1 Å². The van der Waals surface area contributed by atoms with Gasteiger partial charge in [-0.1, -0.05) is 25.6 Å². The molecule has 0 saturated heterocycles. The minimum atomic E-state index is 0.421. The standard InChI is InChI=1S/C11H15NOS/c1-2-3-8-13-10-6-4-9(5-7-10)11(12)14/h4-7H,2-3,8H2,1H3,(H2,12,14). The smallest absolute Gasteiger partial charge is 0.119 e. The van der Waals surface area contributed by atoms with Crippen LogP contribution in [0.2, 0.25) is 0 Å². The van der Waals surface area contributed by atoms with Crippen molar-refractivity contribution in [1.82, 2.24) is 0 Å². The molecule has 2 N–H and O–H groups in total. The molecule has 0 unspecified atom stereocenters. The van der Waals surface area contributed by atoms with E-state index in [0.29, 0.717) is 4.99 Å². The Morgan fingerprint density at radius 1 is 1.36 bits per heavy atom. The van der Waals surface area contributed by atoms with E-state index in [1.165, 1.54) is 0 Å². The summed E-state index contributed by atoms with van der Waals surface area (Å²) < 4.78 is 5.50. The number of thiocarbonyl (C=S) groups is 1. The lowest BCUT2D eigenvalue weighted by Crippen LogP contribution is -2.08. The topological polar surface area (TPSA) is 35.2 Å². The quantitative estimate of drug-likeness (QED) is 0.598. The summed E-state index contributed by atoms with van der Waals surface area (Å²) in [7, 11) is 0. The zero-order chi connectivity index (χ0) is 10.4. The lowest BCUT2D eigenvalue weighted by atomic mass is 10.2. The van der Waals surface area contributed by atoms with Gasteiger partial charge < -0.3 is 10.5 Å². The fourth-order valence-electron chi connectivity index (χ4n) is 1.05. The molecule has 0 fully saturated rings. The van der Waals surface area contributed by atoms with Crippen LogP contribution in [0.25, 0.3) is 0 Å². The molecule has 0 aliphatic rings. The van der Waals surface area contributed by atoms with Crippen LogP contribution in [0.1, 0.15) is 25.3 Å². The van der Waals surface area contributed by atoms with E-state index in [1.54, 1.807) is 0 Å². The average molecular weight is 209 g/mol. The SMILES string of the molecule is CCCCOc1ccc(C(N)=S)cc1. The Balaban J connectivity index is 2.51. The summed E-state index contributed by atoms with van der Waals surface area (Å²) in [6, 6.07) is 7.54. The highest BCUT2D eigenvalue weighted by molar-refractivity contribution is 7.80. The molecule has 0 atom stereocenters. The van der Waals surface area contributed by atoms with E-state index in [-0.39, 0.29) is 0 Å². The summed E-state index contributed by atoms with van der Waals surface area (Å²) in [6.45, 7) is 2.90. The van der Waals surface area contributed by atoms with Crippen molar-refractivity contribution in [3.63, 3.8) is 0 Å². The number of ether oxygens (including phenoxy) is 1. The Hall–Kier alpha value is -1.09. The molecule has 1 rings (SSSR count). The Bertz CT molecular complexity index is 295. The molecule has 0 heterocycles. The second-order valence-corrected chi connectivity index (χ2v) is 3.53. The molecule has 0 aromatic heterocycles. The number of benzene rings is 1. The van der Waals surface area contributed by atoms with Crippen LogP contribution in [-0.2, 0) is 0 Å². The molecule has 14 heavy (non-hydrogen) atoms. The first-order valence-corrected chi connectivity index (χ1v) is 5.17. The summed E-state index contributed by atoms with van der Waals surface area (Å²) in [6.07, 6.45) is 2.22. The fraction of sp³-hybridized carbons (Fsp3) is 0.364. The van der Waals surface area contributed by atoms with Crippen LogP contribution < -0.4 is 10.5 Å². The third kappa shape index (κ3) is 3.34. The van der Waals surface area contributed by atoms with Gasteiger partial charge in [-0.3, -0.25) is 0 Å². The van der Waals surface area contributed by atoms with Crippen molar-refractivity contribution < 1.29 is 4.74 Å². The van der Waals surface area contributed by atoms with Gasteiger partial charge in [-0.2, -0.15) is 0 Å². The molecular weight excluding hydrogens is 194 g/mol. The highest BCUT2D eigenvalue weighted by Gasteiger charge is 1.96. The lowest BCUT2D eigenvalue weighted by Gasteiger charge is -2.05. The van der Waals surface area contributed by atoms with Gasteiger partial charge in [0.2, 0.25) is 0 Å². The molecule has 0 bridgehead atoms. The van der Waals surface area contributed by atoms with Gasteiger partial charge in [-0.25, -0.2) is 0 Å². The highest BCUT2D eigenvalue weighted by atomic mass is 32.1. The molecule has 0 aliphatic carbocycles. The zero-order valence-electron chi connectivity index (χ0n) is 8.32. The summed E-state index contributed by atoms with van der Waals surface area (Å²) >= 11 is 4.85. The van der Waals surface area contributed by atoms with E-state index in [2.05, 4.69) is 6.92 Å². The van der Waals surface area contributed by atoms with Crippen molar-refractivity contribution in [1.29, 1.82) is 0 Å². The van der Waals surface area contributed by atoms with Crippen LogP contribution in [0.3, 0.4) is 0 Å². The molecule has 0 spiro atoms. The van der Waals surface area contributed by atoms with Crippen molar-refractivity contribution in [2.24, 2.45) is 5.73 Å². The minimum Gasteiger partial charge on any atom is -0.494 e. The fourth-order valence-corrected chi connectivity index (χ4v) is 1.19. The monoisotopic (exact) mass is 209 g/mol. The van der Waals surface area contributed by atoms with Crippen LogP contribution in [0.4, 0.5) is 0 Å². The first-order valence-electron chi connectivity index (χ1n) is 4.76. The predicted molar refractivity (Wildman–Crippen MR) is 62.7 cm³/mol. The van der Waals surface area contributed by atoms with E-state index < -0.39 is 0 Å². The van der Waals surface area contributed by atoms with Gasteiger partial charge in [-0.15, -0.1) is 0 Å². The van der Waals surface area contributed by atoms with Gasteiger partial charge >= 0.3 is 0 Å². The minimum absolute atomic E-state index is 0.421. The van der Waals surface area contributed by atoms with Crippen LogP contribution in [-0.4, -0.2) is 11.6 Å². The molecule has 0 radical (unpaired) electrons. The third-order valence-electron chi connectivity index (χ3n) is 1.91. The van der Waals surface area contributed by atoms with Gasteiger partial charge in [0, 0.05) is 5.56 Å². The van der Waals surface area contributed by atoms with E-state index >= 15 is 0 Å². The first-order chi connectivity index (χ1) is 6.74. The maximum atomic E-state index is 5.50. The van der Waals surface area contributed by atoms with Crippen molar-refractivity contribution in [2.45, 2.75) is 19.8 Å². The van der Waals surface area contributed by atoms with Crippen molar-refractivity contribution in [3.8, 4) is 5.75 Å². The molecule has 0 saturated carbocycles. The summed E-state index contributed by atoms with van der Waals surface area (Å²) in [5.74, 6) is 0.874. The molecule has 0 amide bonds. The van der Waals surface area contributed by atoms with Crippen molar-refractivity contribution >= 4 is 17.2 Å². The molecule has 1 aromatic rings.